The average Bonchev–Trinajstić information content (AvgIpc) is 2.95. The minimum Gasteiger partial charge on any atom is -0.464 e. The molecule has 160 valence electrons. The third kappa shape index (κ3) is 2.41. The second kappa shape index (κ2) is 6.55. The van der Waals surface area contributed by atoms with Gasteiger partial charge in [-0.1, -0.05) is 46.4 Å². The molecule has 1 saturated heterocycles. The van der Waals surface area contributed by atoms with Gasteiger partial charge in [0.25, 0.3) is 0 Å². The van der Waals surface area contributed by atoms with Gasteiger partial charge in [0.1, 0.15) is 16.4 Å². The van der Waals surface area contributed by atoms with E-state index in [4.69, 9.17) is 74.3 Å². The largest absolute Gasteiger partial charge is 0.464 e. The highest BCUT2D eigenvalue weighted by molar-refractivity contribution is 6.65. The van der Waals surface area contributed by atoms with E-state index in [1.54, 1.807) is 6.92 Å². The van der Waals surface area contributed by atoms with Crippen LogP contribution in [0.15, 0.2) is 10.1 Å². The molecule has 0 unspecified atom stereocenters. The summed E-state index contributed by atoms with van der Waals surface area (Å²) in [5, 5.41) is 0.182. The lowest BCUT2D eigenvalue weighted by atomic mass is 9.58. The van der Waals surface area contributed by atoms with Crippen LogP contribution in [0.25, 0.3) is 0 Å². The quantitative estimate of drug-likeness (QED) is 0.312. The number of halogens is 6. The van der Waals surface area contributed by atoms with Crippen LogP contribution in [0.3, 0.4) is 0 Å². The van der Waals surface area contributed by atoms with Crippen molar-refractivity contribution in [3.05, 3.63) is 10.1 Å². The van der Waals surface area contributed by atoms with E-state index in [0.717, 1.165) is 4.90 Å². The summed E-state index contributed by atoms with van der Waals surface area (Å²) in [7, 11) is 0. The number of hydrogen-bond donors (Lipinski definition) is 0. The number of esters is 1. The minimum absolute atomic E-state index is 0.00851. The van der Waals surface area contributed by atoms with Crippen molar-refractivity contribution in [3.8, 4) is 0 Å². The van der Waals surface area contributed by atoms with Crippen LogP contribution in [-0.2, 0) is 19.1 Å². The fraction of sp³-hybridized carbons (Fsp3) is 0.722. The molecule has 2 bridgehead atoms. The lowest BCUT2D eigenvalue weighted by molar-refractivity contribution is -0.147. The normalized spacial score (nSPS) is 45.0. The van der Waals surface area contributed by atoms with Gasteiger partial charge in [-0.2, -0.15) is 0 Å². The van der Waals surface area contributed by atoms with Gasteiger partial charge in [0, 0.05) is 6.92 Å². The average molecular weight is 524 g/mol. The summed E-state index contributed by atoms with van der Waals surface area (Å²) in [5.74, 6) is -2.67. The molecule has 1 heterocycles. The molecule has 1 aliphatic heterocycles. The number of likely N-dealkylation sites (tertiary alicyclic amines) is 1. The number of hydrogen-bond acceptors (Lipinski definition) is 4. The number of allylic oxidation sites excluding steroid dienone is 2. The molecule has 3 fully saturated rings. The fourth-order valence-corrected chi connectivity index (χ4v) is 8.72. The number of carbonyl (C=O) groups excluding carboxylic acids is 3. The number of alkyl halides is 4. The molecule has 5 nitrogen and oxygen atoms in total. The van der Waals surface area contributed by atoms with Gasteiger partial charge in [0.2, 0.25) is 11.8 Å². The molecule has 3 aliphatic carbocycles. The zero-order valence-electron chi connectivity index (χ0n) is 15.4. The fourth-order valence-electron chi connectivity index (χ4n) is 5.63. The number of rotatable bonds is 3. The first-order valence-electron chi connectivity index (χ1n) is 9.07. The Morgan fingerprint density at radius 2 is 1.66 bits per heavy atom. The van der Waals surface area contributed by atoms with E-state index in [0.29, 0.717) is 0 Å². The third-order valence-corrected chi connectivity index (χ3v) is 11.4. The van der Waals surface area contributed by atoms with Crippen LogP contribution in [0.2, 0.25) is 0 Å². The highest BCUT2D eigenvalue weighted by Crippen LogP contribution is 2.79. The van der Waals surface area contributed by atoms with Crippen LogP contribution in [0.4, 0.5) is 0 Å². The SMILES string of the molecule is CC(=O)OCCN1C(=O)[C@@H]2C[C@H]3[C@@H](C[C@@]2(C)C1=O)[C@@]1(Cl)C(Cl)=C(Cl)[C@@]3(Cl)C1(Cl)Cl. The third-order valence-electron chi connectivity index (χ3n) is 7.07. The van der Waals surface area contributed by atoms with E-state index in [9.17, 15) is 14.4 Å². The van der Waals surface area contributed by atoms with Gasteiger partial charge < -0.3 is 4.74 Å². The summed E-state index contributed by atoms with van der Waals surface area (Å²) in [6, 6.07) is 0. The molecule has 0 radical (unpaired) electrons. The number of imide groups is 1. The first-order valence-corrected chi connectivity index (χ1v) is 11.3. The molecule has 0 aromatic heterocycles. The van der Waals surface area contributed by atoms with Crippen molar-refractivity contribution in [3.63, 3.8) is 0 Å². The smallest absolute Gasteiger partial charge is 0.302 e. The number of amides is 2. The summed E-state index contributed by atoms with van der Waals surface area (Å²) < 4.78 is 3.20. The number of nitrogens with zero attached hydrogens (tertiary/aromatic N) is 1. The summed E-state index contributed by atoms with van der Waals surface area (Å²) in [4.78, 5) is 35.5. The molecule has 0 N–H and O–H groups in total. The Labute approximate surface area is 197 Å². The van der Waals surface area contributed by atoms with Gasteiger partial charge in [-0.15, -0.1) is 23.2 Å². The highest BCUT2D eigenvalue weighted by Gasteiger charge is 2.84. The van der Waals surface area contributed by atoms with Crippen LogP contribution in [-0.4, -0.2) is 49.9 Å². The van der Waals surface area contributed by atoms with E-state index in [2.05, 4.69) is 0 Å². The Bertz CT molecular complexity index is 876. The molecule has 0 aromatic carbocycles. The van der Waals surface area contributed by atoms with Crippen LogP contribution in [0.1, 0.15) is 26.7 Å². The van der Waals surface area contributed by atoms with E-state index < -0.39 is 43.2 Å². The first kappa shape index (κ1) is 22.3. The van der Waals surface area contributed by atoms with Crippen molar-refractivity contribution < 1.29 is 19.1 Å². The molecular weight excluding hydrogens is 507 g/mol. The summed E-state index contributed by atoms with van der Waals surface area (Å²) in [6.07, 6.45) is 0.478. The predicted octanol–water partition coefficient (Wildman–Crippen LogP) is 4.41. The summed E-state index contributed by atoms with van der Waals surface area (Å²) in [6.45, 7) is 2.92. The molecule has 0 aromatic rings. The van der Waals surface area contributed by atoms with Gasteiger partial charge in [0.15, 0.2) is 4.33 Å². The maximum Gasteiger partial charge on any atom is 0.302 e. The number of carbonyl (C=O) groups is 3. The van der Waals surface area contributed by atoms with E-state index in [1.165, 1.54) is 6.92 Å². The van der Waals surface area contributed by atoms with Crippen LogP contribution < -0.4 is 0 Å². The lowest BCUT2D eigenvalue weighted by Gasteiger charge is -2.46. The molecule has 4 aliphatic rings. The van der Waals surface area contributed by atoms with Gasteiger partial charge in [-0.25, -0.2) is 0 Å². The molecule has 6 atom stereocenters. The highest BCUT2D eigenvalue weighted by atomic mass is 35.5. The molecule has 2 amide bonds. The molecule has 4 rings (SSSR count). The van der Waals surface area contributed by atoms with Crippen molar-refractivity contribution in [1.29, 1.82) is 0 Å². The molecule has 2 saturated carbocycles. The second-order valence-corrected chi connectivity index (χ2v) is 11.7. The standard InChI is InChI=1S/C18H17Cl6NO4/c1-7(26)29-4-3-25-13(27)9-5-8-10(6-15(9,2)14(25)28)17(22)12(20)11(19)16(8,21)18(17,23)24/h8-10H,3-6H2,1-2H3/t8-,9-,10+,15+,16+,17+/m0/s1. The Morgan fingerprint density at radius 1 is 1.10 bits per heavy atom. The van der Waals surface area contributed by atoms with Gasteiger partial charge in [-0.05, 0) is 31.6 Å². The Balaban J connectivity index is 1.70. The zero-order valence-corrected chi connectivity index (χ0v) is 19.9. The Morgan fingerprint density at radius 3 is 2.21 bits per heavy atom. The molecule has 29 heavy (non-hydrogen) atoms. The van der Waals surface area contributed by atoms with E-state index in [1.807, 2.05) is 0 Å². The first-order chi connectivity index (χ1) is 13.3. The van der Waals surface area contributed by atoms with Crippen LogP contribution in [0, 0.1) is 23.2 Å². The van der Waals surface area contributed by atoms with Crippen molar-refractivity contribution >= 4 is 87.4 Å². The molecule has 0 spiro atoms. The van der Waals surface area contributed by atoms with E-state index in [-0.39, 0.29) is 47.9 Å². The maximum absolute atomic E-state index is 13.2. The van der Waals surface area contributed by atoms with Gasteiger partial charge in [-0.3, -0.25) is 19.3 Å². The zero-order chi connectivity index (χ0) is 21.7. The second-order valence-electron chi connectivity index (χ2n) is 8.38. The molecule has 11 heteroatoms. The van der Waals surface area contributed by atoms with Crippen molar-refractivity contribution in [2.45, 2.75) is 40.8 Å². The Hall–Kier alpha value is 0.0900. The monoisotopic (exact) mass is 521 g/mol. The Kier molecular flexibility index (Phi) is 5.04. The van der Waals surface area contributed by atoms with Crippen molar-refractivity contribution in [2.24, 2.45) is 23.2 Å². The summed E-state index contributed by atoms with van der Waals surface area (Å²) in [5.41, 5.74) is -1.01. The summed E-state index contributed by atoms with van der Waals surface area (Å²) >= 11 is 39.9. The van der Waals surface area contributed by atoms with E-state index >= 15 is 0 Å². The van der Waals surface area contributed by atoms with Crippen LogP contribution >= 0.6 is 69.6 Å². The number of fused-ring (bicyclic) bond motifs is 6. The van der Waals surface area contributed by atoms with Crippen molar-refractivity contribution in [2.75, 3.05) is 13.2 Å². The number of ether oxygens (including phenoxy) is 1. The lowest BCUT2D eigenvalue weighted by Crippen LogP contribution is -2.49. The van der Waals surface area contributed by atoms with Crippen LogP contribution in [0.5, 0.6) is 0 Å². The topological polar surface area (TPSA) is 63.7 Å². The predicted molar refractivity (Wildman–Crippen MR) is 112 cm³/mol. The van der Waals surface area contributed by atoms with Gasteiger partial charge in [0.05, 0.1) is 27.9 Å². The van der Waals surface area contributed by atoms with Gasteiger partial charge >= 0.3 is 5.97 Å². The maximum atomic E-state index is 13.2. The molecular formula is C18H17Cl6NO4. The minimum atomic E-state index is -1.69. The van der Waals surface area contributed by atoms with Crippen molar-refractivity contribution in [1.82, 2.24) is 4.90 Å².